The fraction of sp³-hybridized carbons (Fsp3) is 0.385. The molecule has 2 N–H and O–H groups in total. The topological polar surface area (TPSA) is 76.7 Å². The maximum Gasteiger partial charge on any atom is 0.328 e. The lowest BCUT2D eigenvalue weighted by molar-refractivity contribution is -0.142. The highest BCUT2D eigenvalue weighted by Gasteiger charge is 2.22. The zero-order chi connectivity index (χ0) is 13.8. The van der Waals surface area contributed by atoms with Gasteiger partial charge >= 0.3 is 5.97 Å². The van der Waals surface area contributed by atoms with E-state index in [0.717, 1.165) is 5.69 Å². The molecule has 1 amide bonds. The lowest BCUT2D eigenvalue weighted by Gasteiger charge is -2.21. The number of fused-ring (bicyclic) bond motifs is 1. The molecule has 0 bridgehead atoms. The van der Waals surface area contributed by atoms with Crippen molar-refractivity contribution in [3.8, 4) is 5.75 Å². The van der Waals surface area contributed by atoms with Crippen LogP contribution in [0.5, 0.6) is 5.75 Å². The molecule has 0 saturated carbocycles. The summed E-state index contributed by atoms with van der Waals surface area (Å²) in [5, 5.41) is 5.72. The second kappa shape index (κ2) is 5.60. The number of para-hydroxylation sites is 1. The Bertz CT molecular complexity index is 501. The maximum atomic E-state index is 12.1. The van der Waals surface area contributed by atoms with Gasteiger partial charge in [0.05, 0.1) is 18.4 Å². The fourth-order valence-corrected chi connectivity index (χ4v) is 1.86. The fourth-order valence-electron chi connectivity index (χ4n) is 1.86. The number of nitrogens with one attached hydrogen (secondary N) is 2. The molecule has 19 heavy (non-hydrogen) atoms. The van der Waals surface area contributed by atoms with E-state index in [1.165, 1.54) is 7.11 Å². The molecule has 0 saturated heterocycles. The van der Waals surface area contributed by atoms with Gasteiger partial charge in [-0.1, -0.05) is 6.07 Å². The number of carbonyl (C=O) groups is 2. The van der Waals surface area contributed by atoms with Crippen LogP contribution in [0.25, 0.3) is 0 Å². The van der Waals surface area contributed by atoms with E-state index >= 15 is 0 Å². The standard InChI is InChI=1S/C13H16N2O4/c1-8(13(17)18-2)15-12(16)9-4-3-5-10-11(9)19-7-6-14-10/h3-5,8,14H,6-7H2,1-2H3,(H,15,16)/t8-/m0/s1. The maximum absolute atomic E-state index is 12.1. The normalized spacial score (nSPS) is 14.4. The third-order valence-corrected chi connectivity index (χ3v) is 2.83. The minimum Gasteiger partial charge on any atom is -0.489 e. The molecule has 2 rings (SSSR count). The zero-order valence-corrected chi connectivity index (χ0v) is 10.9. The van der Waals surface area contributed by atoms with Gasteiger partial charge in [0.2, 0.25) is 0 Å². The van der Waals surface area contributed by atoms with Crippen LogP contribution in [0.15, 0.2) is 18.2 Å². The van der Waals surface area contributed by atoms with Crippen LogP contribution in [0.3, 0.4) is 0 Å². The number of esters is 1. The van der Waals surface area contributed by atoms with Crippen LogP contribution in [-0.4, -0.2) is 38.2 Å². The molecule has 0 fully saturated rings. The molecule has 1 aliphatic rings. The van der Waals surface area contributed by atoms with Gasteiger partial charge in [-0.2, -0.15) is 0 Å². The smallest absolute Gasteiger partial charge is 0.328 e. The molecule has 6 heteroatoms. The van der Waals surface area contributed by atoms with Gasteiger partial charge in [-0.25, -0.2) is 4.79 Å². The number of carbonyl (C=O) groups excluding carboxylic acids is 2. The van der Waals surface area contributed by atoms with Gasteiger partial charge in [0.25, 0.3) is 5.91 Å². The van der Waals surface area contributed by atoms with Crippen molar-refractivity contribution in [3.63, 3.8) is 0 Å². The Morgan fingerprint density at radius 1 is 1.47 bits per heavy atom. The lowest BCUT2D eigenvalue weighted by atomic mass is 10.1. The molecular weight excluding hydrogens is 248 g/mol. The van der Waals surface area contributed by atoms with Crippen molar-refractivity contribution in [2.24, 2.45) is 0 Å². The summed E-state index contributed by atoms with van der Waals surface area (Å²) in [5.41, 5.74) is 1.19. The van der Waals surface area contributed by atoms with Gasteiger partial charge in [0, 0.05) is 6.54 Å². The molecule has 0 unspecified atom stereocenters. The van der Waals surface area contributed by atoms with E-state index in [4.69, 9.17) is 4.74 Å². The molecule has 1 aromatic carbocycles. The summed E-state index contributed by atoms with van der Waals surface area (Å²) in [5.74, 6) is -0.334. The molecule has 1 aromatic rings. The van der Waals surface area contributed by atoms with Crippen LogP contribution in [0.2, 0.25) is 0 Å². The molecule has 6 nitrogen and oxygen atoms in total. The predicted octanol–water partition coefficient (Wildman–Crippen LogP) is 0.782. The van der Waals surface area contributed by atoms with Crippen molar-refractivity contribution in [3.05, 3.63) is 23.8 Å². The second-order valence-electron chi connectivity index (χ2n) is 4.18. The number of ether oxygens (including phenoxy) is 2. The van der Waals surface area contributed by atoms with Crippen molar-refractivity contribution in [1.29, 1.82) is 0 Å². The first kappa shape index (κ1) is 13.2. The number of methoxy groups -OCH3 is 1. The van der Waals surface area contributed by atoms with Crippen LogP contribution < -0.4 is 15.4 Å². The minimum absolute atomic E-state index is 0.363. The summed E-state index contributed by atoms with van der Waals surface area (Å²) in [4.78, 5) is 23.4. The summed E-state index contributed by atoms with van der Waals surface area (Å²) >= 11 is 0. The third-order valence-electron chi connectivity index (χ3n) is 2.83. The average Bonchev–Trinajstić information content (AvgIpc) is 2.45. The molecule has 1 atom stereocenters. The predicted molar refractivity (Wildman–Crippen MR) is 69.4 cm³/mol. The number of anilines is 1. The van der Waals surface area contributed by atoms with Crippen molar-refractivity contribution in [2.75, 3.05) is 25.6 Å². The average molecular weight is 264 g/mol. The van der Waals surface area contributed by atoms with Gasteiger partial charge in [0.1, 0.15) is 12.6 Å². The quantitative estimate of drug-likeness (QED) is 0.789. The first-order valence-corrected chi connectivity index (χ1v) is 6.02. The van der Waals surface area contributed by atoms with E-state index in [0.29, 0.717) is 24.5 Å². The van der Waals surface area contributed by atoms with Gasteiger partial charge < -0.3 is 20.1 Å². The Morgan fingerprint density at radius 3 is 3.00 bits per heavy atom. The molecule has 0 radical (unpaired) electrons. The van der Waals surface area contributed by atoms with Crippen LogP contribution in [0.4, 0.5) is 5.69 Å². The summed E-state index contributed by atoms with van der Waals surface area (Å²) in [6.07, 6.45) is 0. The Labute approximate surface area is 111 Å². The first-order chi connectivity index (χ1) is 9.13. The van der Waals surface area contributed by atoms with Gasteiger partial charge in [-0.3, -0.25) is 4.79 Å². The molecule has 0 spiro atoms. The molecule has 0 aliphatic carbocycles. The highest BCUT2D eigenvalue weighted by Crippen LogP contribution is 2.31. The second-order valence-corrected chi connectivity index (χ2v) is 4.18. The highest BCUT2D eigenvalue weighted by atomic mass is 16.5. The monoisotopic (exact) mass is 264 g/mol. The van der Waals surface area contributed by atoms with Crippen LogP contribution in [0.1, 0.15) is 17.3 Å². The van der Waals surface area contributed by atoms with Crippen molar-refractivity contribution >= 4 is 17.6 Å². The lowest BCUT2D eigenvalue weighted by Crippen LogP contribution is -2.39. The number of benzene rings is 1. The van der Waals surface area contributed by atoms with E-state index < -0.39 is 12.0 Å². The Morgan fingerprint density at radius 2 is 2.26 bits per heavy atom. The van der Waals surface area contributed by atoms with Crippen LogP contribution in [0, 0.1) is 0 Å². The van der Waals surface area contributed by atoms with E-state index in [1.807, 2.05) is 6.07 Å². The van der Waals surface area contributed by atoms with E-state index in [-0.39, 0.29) is 5.91 Å². The first-order valence-electron chi connectivity index (χ1n) is 6.02. The van der Waals surface area contributed by atoms with Crippen LogP contribution in [-0.2, 0) is 9.53 Å². The van der Waals surface area contributed by atoms with E-state index in [1.54, 1.807) is 19.1 Å². The van der Waals surface area contributed by atoms with Gasteiger partial charge in [-0.05, 0) is 19.1 Å². The number of hydrogen-bond donors (Lipinski definition) is 2. The molecule has 1 aliphatic heterocycles. The Balaban J connectivity index is 2.18. The molecule has 1 heterocycles. The van der Waals surface area contributed by atoms with Gasteiger partial charge in [0.15, 0.2) is 5.75 Å². The van der Waals surface area contributed by atoms with Gasteiger partial charge in [-0.15, -0.1) is 0 Å². The van der Waals surface area contributed by atoms with Crippen LogP contribution >= 0.6 is 0 Å². The SMILES string of the molecule is COC(=O)[C@H](C)NC(=O)c1cccc2c1OCCN2. The molecule has 0 aromatic heterocycles. The van der Waals surface area contributed by atoms with Crippen molar-refractivity contribution < 1.29 is 19.1 Å². The van der Waals surface area contributed by atoms with Crippen molar-refractivity contribution in [1.82, 2.24) is 5.32 Å². The summed E-state index contributed by atoms with van der Waals surface area (Å²) in [6, 6.07) is 4.56. The summed E-state index contributed by atoms with van der Waals surface area (Å²) in [6.45, 7) is 2.78. The largest absolute Gasteiger partial charge is 0.489 e. The number of hydrogen-bond acceptors (Lipinski definition) is 5. The third kappa shape index (κ3) is 2.78. The minimum atomic E-state index is -0.704. The highest BCUT2D eigenvalue weighted by molar-refractivity contribution is 6.00. The van der Waals surface area contributed by atoms with Crippen molar-refractivity contribution in [2.45, 2.75) is 13.0 Å². The Kier molecular flexibility index (Phi) is 3.89. The summed E-state index contributed by atoms with van der Waals surface area (Å²) < 4.78 is 10.1. The molecular formula is C13H16N2O4. The van der Waals surface area contributed by atoms with E-state index in [9.17, 15) is 9.59 Å². The zero-order valence-electron chi connectivity index (χ0n) is 10.9. The molecule has 102 valence electrons. The number of amides is 1. The number of rotatable bonds is 3. The Hall–Kier alpha value is -2.24. The summed E-state index contributed by atoms with van der Waals surface area (Å²) in [7, 11) is 1.28. The van der Waals surface area contributed by atoms with E-state index in [2.05, 4.69) is 15.4 Å².